The summed E-state index contributed by atoms with van der Waals surface area (Å²) in [6.07, 6.45) is 10.2. The van der Waals surface area contributed by atoms with E-state index in [1.165, 1.54) is 38.5 Å². The van der Waals surface area contributed by atoms with E-state index in [4.69, 9.17) is 5.21 Å². The molecule has 0 radical (unpaired) electrons. The lowest BCUT2D eigenvalue weighted by molar-refractivity contribution is -0.129. The van der Waals surface area contributed by atoms with Gasteiger partial charge in [0.25, 0.3) is 0 Å². The van der Waals surface area contributed by atoms with Crippen molar-refractivity contribution in [2.24, 2.45) is 5.41 Å². The van der Waals surface area contributed by atoms with Gasteiger partial charge in [0.15, 0.2) is 0 Å². The summed E-state index contributed by atoms with van der Waals surface area (Å²) in [6, 6.07) is 0. The minimum atomic E-state index is -0.268. The van der Waals surface area contributed by atoms with Crippen LogP contribution in [0, 0.1) is 5.41 Å². The smallest absolute Gasteiger partial charge is 0.243 e. The minimum absolute atomic E-state index is 0.268. The van der Waals surface area contributed by atoms with Crippen LogP contribution < -0.4 is 5.48 Å². The number of hydroxylamine groups is 1. The van der Waals surface area contributed by atoms with Crippen LogP contribution in [0.2, 0.25) is 0 Å². The Morgan fingerprint density at radius 1 is 0.941 bits per heavy atom. The average molecular weight is 243 g/mol. The highest BCUT2D eigenvalue weighted by atomic mass is 16.5. The molecule has 0 aromatic rings. The van der Waals surface area contributed by atoms with E-state index in [1.54, 1.807) is 5.48 Å². The number of amides is 1. The van der Waals surface area contributed by atoms with Gasteiger partial charge in [-0.1, -0.05) is 59.3 Å². The standard InChI is InChI=1S/C14H29NO2/c1-14(2,3)12-10-8-6-4-5-7-9-11-13(16)15-17/h17H,4-12H2,1-3H3,(H,15,16). The van der Waals surface area contributed by atoms with Gasteiger partial charge in [-0.05, 0) is 18.3 Å². The molecule has 102 valence electrons. The SMILES string of the molecule is CC(C)(C)CCCCCCCCCC(=O)NO. The van der Waals surface area contributed by atoms with Crippen molar-refractivity contribution in [1.82, 2.24) is 5.48 Å². The Balaban J connectivity index is 3.12. The minimum Gasteiger partial charge on any atom is -0.289 e. The maximum Gasteiger partial charge on any atom is 0.243 e. The van der Waals surface area contributed by atoms with Gasteiger partial charge in [-0.25, -0.2) is 5.48 Å². The van der Waals surface area contributed by atoms with Crippen LogP contribution in [0.1, 0.15) is 78.6 Å². The molecule has 0 atom stereocenters. The average Bonchev–Trinajstić information content (AvgIpc) is 2.25. The fraction of sp³-hybridized carbons (Fsp3) is 0.929. The molecule has 0 heterocycles. The van der Waals surface area contributed by atoms with Crippen molar-refractivity contribution in [3.05, 3.63) is 0 Å². The summed E-state index contributed by atoms with van der Waals surface area (Å²) < 4.78 is 0. The molecule has 0 saturated carbocycles. The summed E-state index contributed by atoms with van der Waals surface area (Å²) in [5.74, 6) is -0.268. The highest BCUT2D eigenvalue weighted by Gasteiger charge is 2.08. The fourth-order valence-electron chi connectivity index (χ4n) is 1.88. The number of hydrogen-bond donors (Lipinski definition) is 2. The number of carbonyl (C=O) groups excluding carboxylic acids is 1. The molecular formula is C14H29NO2. The van der Waals surface area contributed by atoms with Gasteiger partial charge in [0, 0.05) is 6.42 Å². The lowest BCUT2D eigenvalue weighted by Gasteiger charge is -2.17. The van der Waals surface area contributed by atoms with E-state index in [-0.39, 0.29) is 5.91 Å². The topological polar surface area (TPSA) is 49.3 Å². The molecule has 0 saturated heterocycles. The highest BCUT2D eigenvalue weighted by Crippen LogP contribution is 2.22. The first-order valence-electron chi connectivity index (χ1n) is 6.88. The number of carbonyl (C=O) groups is 1. The van der Waals surface area contributed by atoms with Crippen LogP contribution in [0.4, 0.5) is 0 Å². The Bertz CT molecular complexity index is 197. The zero-order chi connectivity index (χ0) is 13.1. The van der Waals surface area contributed by atoms with Crippen LogP contribution in [-0.2, 0) is 4.79 Å². The van der Waals surface area contributed by atoms with Crippen LogP contribution >= 0.6 is 0 Å². The van der Waals surface area contributed by atoms with Crippen molar-refractivity contribution < 1.29 is 10.0 Å². The molecule has 17 heavy (non-hydrogen) atoms. The van der Waals surface area contributed by atoms with Crippen LogP contribution in [-0.4, -0.2) is 11.1 Å². The molecule has 0 aliphatic heterocycles. The summed E-state index contributed by atoms with van der Waals surface area (Å²) in [5.41, 5.74) is 2.13. The van der Waals surface area contributed by atoms with Gasteiger partial charge in [-0.2, -0.15) is 0 Å². The monoisotopic (exact) mass is 243 g/mol. The van der Waals surface area contributed by atoms with E-state index < -0.39 is 0 Å². The maximum absolute atomic E-state index is 10.7. The van der Waals surface area contributed by atoms with Gasteiger partial charge in [-0.15, -0.1) is 0 Å². The molecule has 0 unspecified atom stereocenters. The summed E-state index contributed by atoms with van der Waals surface area (Å²) >= 11 is 0. The maximum atomic E-state index is 10.7. The first-order valence-corrected chi connectivity index (χ1v) is 6.88. The lowest BCUT2D eigenvalue weighted by Crippen LogP contribution is -2.17. The lowest BCUT2D eigenvalue weighted by atomic mass is 9.89. The third kappa shape index (κ3) is 13.4. The fourth-order valence-corrected chi connectivity index (χ4v) is 1.88. The molecule has 0 aliphatic carbocycles. The first-order chi connectivity index (χ1) is 7.95. The van der Waals surface area contributed by atoms with Gasteiger partial charge in [0.1, 0.15) is 0 Å². The summed E-state index contributed by atoms with van der Waals surface area (Å²) in [5, 5.41) is 8.30. The van der Waals surface area contributed by atoms with Crippen molar-refractivity contribution in [2.45, 2.75) is 78.6 Å². The Labute approximate surface area is 106 Å². The van der Waals surface area contributed by atoms with Crippen LogP contribution in [0.3, 0.4) is 0 Å². The van der Waals surface area contributed by atoms with E-state index >= 15 is 0 Å². The summed E-state index contributed by atoms with van der Waals surface area (Å²) in [7, 11) is 0. The molecule has 3 heteroatoms. The molecule has 0 aliphatic rings. The van der Waals surface area contributed by atoms with Crippen molar-refractivity contribution in [1.29, 1.82) is 0 Å². The van der Waals surface area contributed by atoms with Crippen molar-refractivity contribution in [2.75, 3.05) is 0 Å². The number of rotatable bonds is 9. The van der Waals surface area contributed by atoms with Crippen LogP contribution in [0.5, 0.6) is 0 Å². The summed E-state index contributed by atoms with van der Waals surface area (Å²) in [4.78, 5) is 10.7. The number of nitrogens with one attached hydrogen (secondary N) is 1. The molecule has 0 spiro atoms. The molecule has 0 aromatic heterocycles. The zero-order valence-corrected chi connectivity index (χ0v) is 11.7. The quantitative estimate of drug-likeness (QED) is 0.364. The third-order valence-electron chi connectivity index (χ3n) is 2.96. The van der Waals surface area contributed by atoms with Gasteiger partial charge in [0.05, 0.1) is 0 Å². The first kappa shape index (κ1) is 16.4. The Hall–Kier alpha value is -0.570. The van der Waals surface area contributed by atoms with Crippen LogP contribution in [0.25, 0.3) is 0 Å². The summed E-state index contributed by atoms with van der Waals surface area (Å²) in [6.45, 7) is 6.87. The van der Waals surface area contributed by atoms with Gasteiger partial charge in [-0.3, -0.25) is 10.0 Å². The second kappa shape index (κ2) is 9.46. The van der Waals surface area contributed by atoms with E-state index in [2.05, 4.69) is 20.8 Å². The largest absolute Gasteiger partial charge is 0.289 e. The van der Waals surface area contributed by atoms with Gasteiger partial charge >= 0.3 is 0 Å². The molecular weight excluding hydrogens is 214 g/mol. The van der Waals surface area contributed by atoms with E-state index in [0.29, 0.717) is 11.8 Å². The molecule has 0 bridgehead atoms. The molecule has 1 amide bonds. The Morgan fingerprint density at radius 3 is 1.88 bits per heavy atom. The Kier molecular flexibility index (Phi) is 9.14. The predicted octanol–water partition coefficient (Wildman–Crippen LogP) is 4.05. The number of hydrogen-bond acceptors (Lipinski definition) is 2. The molecule has 0 aromatic carbocycles. The molecule has 2 N–H and O–H groups in total. The van der Waals surface area contributed by atoms with Gasteiger partial charge in [0.2, 0.25) is 5.91 Å². The molecule has 0 fully saturated rings. The third-order valence-corrected chi connectivity index (χ3v) is 2.96. The molecule has 0 rings (SSSR count). The number of unbranched alkanes of at least 4 members (excludes halogenated alkanes) is 6. The van der Waals surface area contributed by atoms with Crippen molar-refractivity contribution >= 4 is 5.91 Å². The predicted molar refractivity (Wildman–Crippen MR) is 70.9 cm³/mol. The van der Waals surface area contributed by atoms with Gasteiger partial charge < -0.3 is 0 Å². The highest BCUT2D eigenvalue weighted by molar-refractivity contribution is 5.74. The van der Waals surface area contributed by atoms with Crippen LogP contribution in [0.15, 0.2) is 0 Å². The Morgan fingerprint density at radius 2 is 1.41 bits per heavy atom. The normalized spacial score (nSPS) is 11.5. The molecule has 3 nitrogen and oxygen atoms in total. The van der Waals surface area contributed by atoms with E-state index in [9.17, 15) is 4.79 Å². The second-order valence-corrected chi connectivity index (χ2v) is 6.07. The second-order valence-electron chi connectivity index (χ2n) is 6.07. The zero-order valence-electron chi connectivity index (χ0n) is 11.7. The van der Waals surface area contributed by atoms with E-state index in [0.717, 1.165) is 12.8 Å². The van der Waals surface area contributed by atoms with Crippen molar-refractivity contribution in [3.63, 3.8) is 0 Å². The van der Waals surface area contributed by atoms with E-state index in [1.807, 2.05) is 0 Å². The van der Waals surface area contributed by atoms with Crippen molar-refractivity contribution in [3.8, 4) is 0 Å².